The molecule has 1 unspecified atom stereocenters. The van der Waals surface area contributed by atoms with E-state index in [2.05, 4.69) is 9.98 Å². The predicted octanol–water partition coefficient (Wildman–Crippen LogP) is 4.05. The highest BCUT2D eigenvalue weighted by molar-refractivity contribution is 7.82. The molecule has 4 N–H and O–H groups in total. The number of aryl methyl sites for hydroxylation is 2. The van der Waals surface area contributed by atoms with Crippen molar-refractivity contribution in [2.24, 2.45) is 20.9 Å². The second-order valence-corrected chi connectivity index (χ2v) is 8.43. The molecule has 192 valence electrons. The van der Waals surface area contributed by atoms with E-state index in [-0.39, 0.29) is 41.9 Å². The maximum absolute atomic E-state index is 14.5. The first-order chi connectivity index (χ1) is 16.7. The molecule has 2 aromatic rings. The number of esters is 1. The van der Waals surface area contributed by atoms with Crippen LogP contribution in [0, 0.1) is 19.7 Å². The minimum atomic E-state index is -1.81. The summed E-state index contributed by atoms with van der Waals surface area (Å²) in [6.07, 6.45) is 1.06. The molecule has 2 rings (SSSR count). The van der Waals surface area contributed by atoms with Gasteiger partial charge in [0.05, 0.1) is 4.90 Å². The van der Waals surface area contributed by atoms with Crippen molar-refractivity contribution in [2.45, 2.75) is 52.4 Å². The molecule has 0 amide bonds. The maximum Gasteiger partial charge on any atom is 0.332 e. The van der Waals surface area contributed by atoms with Gasteiger partial charge in [-0.15, -0.1) is 0 Å². The summed E-state index contributed by atoms with van der Waals surface area (Å²) in [6.45, 7) is 9.86. The standard InChI is InChI=1S/C23H29FN4O4S.C2H6/c1-4-9-31-14-23(29)32-13-21(25)28-22(11-17-10-15(2)5-6-16(17)3)27-20-8-7-18(33(26)30)12-19(20)24;1-2/h5-8,10,12H,4,9,11,13-14,26H2,1-3H3,(H2,25,27,28);1-2H3. The number of carbonyl (C=O) groups is 1. The third-order valence-electron chi connectivity index (χ3n) is 4.48. The normalized spacial score (nSPS) is 12.5. The van der Waals surface area contributed by atoms with Gasteiger partial charge in [-0.05, 0) is 49.6 Å². The second kappa shape index (κ2) is 15.9. The van der Waals surface area contributed by atoms with Crippen molar-refractivity contribution in [3.63, 3.8) is 0 Å². The summed E-state index contributed by atoms with van der Waals surface area (Å²) in [4.78, 5) is 20.5. The molecule has 8 nitrogen and oxygen atoms in total. The van der Waals surface area contributed by atoms with Crippen LogP contribution in [0.1, 0.15) is 43.9 Å². The minimum Gasteiger partial charge on any atom is -0.456 e. The number of benzene rings is 2. The molecular weight excluding hydrogens is 471 g/mol. The summed E-state index contributed by atoms with van der Waals surface area (Å²) >= 11 is 0. The summed E-state index contributed by atoms with van der Waals surface area (Å²) in [6, 6.07) is 9.81. The molecule has 35 heavy (non-hydrogen) atoms. The minimum absolute atomic E-state index is 0.00277. The Balaban J connectivity index is 0.00000298. The van der Waals surface area contributed by atoms with Gasteiger partial charge < -0.3 is 15.2 Å². The van der Waals surface area contributed by atoms with Crippen LogP contribution in [-0.4, -0.2) is 41.7 Å². The molecule has 0 fully saturated rings. The molecule has 0 aromatic heterocycles. The number of halogens is 1. The van der Waals surface area contributed by atoms with E-state index in [0.29, 0.717) is 6.61 Å². The Morgan fingerprint density at radius 1 is 1.11 bits per heavy atom. The first-order valence-electron chi connectivity index (χ1n) is 11.4. The molecule has 0 aliphatic heterocycles. The fraction of sp³-hybridized carbons (Fsp3) is 0.400. The lowest BCUT2D eigenvalue weighted by atomic mass is 10.0. The van der Waals surface area contributed by atoms with E-state index in [1.165, 1.54) is 12.1 Å². The summed E-state index contributed by atoms with van der Waals surface area (Å²) in [7, 11) is -1.81. The highest BCUT2D eigenvalue weighted by Crippen LogP contribution is 2.22. The van der Waals surface area contributed by atoms with Crippen LogP contribution in [0.2, 0.25) is 0 Å². The second-order valence-electron chi connectivity index (χ2n) is 7.36. The number of ether oxygens (including phenoxy) is 2. The fourth-order valence-corrected chi connectivity index (χ4v) is 3.22. The average Bonchev–Trinajstić information content (AvgIpc) is 2.82. The Kier molecular flexibility index (Phi) is 13.6. The lowest BCUT2D eigenvalue weighted by molar-refractivity contribution is -0.147. The van der Waals surface area contributed by atoms with E-state index in [1.54, 1.807) is 0 Å². The SMILES string of the molecule is CC.CCCOCC(=O)OCC(N)=NC(Cc1cc(C)ccc1C)=Nc1ccc(S(N)=O)cc1F. The Morgan fingerprint density at radius 3 is 2.46 bits per heavy atom. The van der Waals surface area contributed by atoms with Crippen LogP contribution in [0.4, 0.5) is 10.1 Å². The van der Waals surface area contributed by atoms with Gasteiger partial charge in [0.2, 0.25) is 0 Å². The van der Waals surface area contributed by atoms with Crippen LogP contribution >= 0.6 is 0 Å². The van der Waals surface area contributed by atoms with Gasteiger partial charge >= 0.3 is 5.97 Å². The van der Waals surface area contributed by atoms with E-state index in [1.807, 2.05) is 52.8 Å². The van der Waals surface area contributed by atoms with Gasteiger partial charge in [0.25, 0.3) is 0 Å². The van der Waals surface area contributed by atoms with E-state index < -0.39 is 22.8 Å². The first-order valence-corrected chi connectivity index (χ1v) is 12.6. The van der Waals surface area contributed by atoms with Crippen LogP contribution in [0.3, 0.4) is 0 Å². The number of nitrogens with zero attached hydrogens (tertiary/aromatic N) is 2. The number of aliphatic imine (C=N–C) groups is 2. The molecule has 10 heteroatoms. The summed E-state index contributed by atoms with van der Waals surface area (Å²) in [5.74, 6) is -1.04. The van der Waals surface area contributed by atoms with Gasteiger partial charge in [-0.25, -0.2) is 28.5 Å². The number of carbonyl (C=O) groups excluding carboxylic acids is 1. The van der Waals surface area contributed by atoms with Crippen molar-refractivity contribution in [3.05, 3.63) is 58.9 Å². The van der Waals surface area contributed by atoms with Gasteiger partial charge in [0.15, 0.2) is 0 Å². The van der Waals surface area contributed by atoms with Crippen molar-refractivity contribution in [3.8, 4) is 0 Å². The summed E-state index contributed by atoms with van der Waals surface area (Å²) in [5.41, 5.74) is 8.95. The van der Waals surface area contributed by atoms with Gasteiger partial charge in [-0.3, -0.25) is 0 Å². The quantitative estimate of drug-likeness (QED) is 0.217. The Hall–Kier alpha value is -2.95. The van der Waals surface area contributed by atoms with Crippen molar-refractivity contribution < 1.29 is 22.9 Å². The predicted molar refractivity (Wildman–Crippen MR) is 139 cm³/mol. The van der Waals surface area contributed by atoms with Crippen molar-refractivity contribution in [2.75, 3.05) is 19.8 Å². The molecule has 0 bridgehead atoms. The van der Waals surface area contributed by atoms with Gasteiger partial charge in [0, 0.05) is 13.0 Å². The van der Waals surface area contributed by atoms with Crippen LogP contribution in [-0.2, 0) is 31.7 Å². The van der Waals surface area contributed by atoms with E-state index in [0.717, 1.165) is 29.2 Å². The van der Waals surface area contributed by atoms with Crippen molar-refractivity contribution in [1.29, 1.82) is 0 Å². The summed E-state index contributed by atoms with van der Waals surface area (Å²) < 4.78 is 36.1. The highest BCUT2D eigenvalue weighted by atomic mass is 32.2. The highest BCUT2D eigenvalue weighted by Gasteiger charge is 2.11. The zero-order valence-corrected chi connectivity index (χ0v) is 21.8. The molecule has 0 saturated carbocycles. The number of hydrogen-bond acceptors (Lipinski definition) is 5. The third kappa shape index (κ3) is 10.9. The van der Waals surface area contributed by atoms with Crippen LogP contribution in [0.25, 0.3) is 0 Å². The molecule has 0 saturated heterocycles. The molecule has 0 heterocycles. The third-order valence-corrected chi connectivity index (χ3v) is 5.19. The topological polar surface area (TPSA) is 129 Å². The number of nitrogens with two attached hydrogens (primary N) is 2. The molecule has 2 aromatic carbocycles. The zero-order valence-electron chi connectivity index (χ0n) is 21.0. The van der Waals surface area contributed by atoms with Crippen molar-refractivity contribution >= 4 is 34.3 Å². The number of hydrogen-bond donors (Lipinski definition) is 2. The molecule has 0 aliphatic carbocycles. The first kappa shape index (κ1) is 30.1. The Morgan fingerprint density at radius 2 is 1.83 bits per heavy atom. The lowest BCUT2D eigenvalue weighted by Gasteiger charge is -2.10. The number of amidine groups is 2. The Labute approximate surface area is 209 Å². The molecule has 1 atom stereocenters. The molecule has 0 radical (unpaired) electrons. The zero-order chi connectivity index (χ0) is 26.4. The monoisotopic (exact) mass is 506 g/mol. The smallest absolute Gasteiger partial charge is 0.332 e. The maximum atomic E-state index is 14.5. The van der Waals surface area contributed by atoms with Crippen LogP contribution < -0.4 is 10.9 Å². The molecule has 0 aliphatic rings. The fourth-order valence-electron chi connectivity index (χ4n) is 2.80. The van der Waals surface area contributed by atoms with E-state index >= 15 is 0 Å². The van der Waals surface area contributed by atoms with Crippen LogP contribution in [0.5, 0.6) is 0 Å². The van der Waals surface area contributed by atoms with Gasteiger partial charge in [0.1, 0.15) is 47.4 Å². The van der Waals surface area contributed by atoms with Crippen LogP contribution in [0.15, 0.2) is 51.3 Å². The number of rotatable bonds is 10. The van der Waals surface area contributed by atoms with Gasteiger partial charge in [-0.1, -0.05) is 44.5 Å². The lowest BCUT2D eigenvalue weighted by Crippen LogP contribution is -2.25. The summed E-state index contributed by atoms with van der Waals surface area (Å²) in [5, 5.41) is 5.31. The molecule has 0 spiro atoms. The van der Waals surface area contributed by atoms with Crippen molar-refractivity contribution in [1.82, 2.24) is 0 Å². The molecular formula is C25H35FN4O4S. The van der Waals surface area contributed by atoms with E-state index in [9.17, 15) is 13.4 Å². The average molecular weight is 507 g/mol. The van der Waals surface area contributed by atoms with Gasteiger partial charge in [-0.2, -0.15) is 0 Å². The van der Waals surface area contributed by atoms with E-state index in [4.69, 9.17) is 20.3 Å². The Bertz CT molecular complexity index is 1070. The largest absolute Gasteiger partial charge is 0.456 e.